The van der Waals surface area contributed by atoms with Gasteiger partial charge in [0.2, 0.25) is 0 Å². The molecule has 0 saturated heterocycles. The number of halogens is 2. The Kier molecular flexibility index (Phi) is 4.23. The van der Waals surface area contributed by atoms with Crippen LogP contribution in [0, 0.1) is 5.82 Å². The Morgan fingerprint density at radius 3 is 2.58 bits per heavy atom. The van der Waals surface area contributed by atoms with E-state index in [1.807, 2.05) is 11.4 Å². The van der Waals surface area contributed by atoms with Crippen LogP contribution in [0.1, 0.15) is 30.7 Å². The molecule has 5 heteroatoms. The third-order valence-electron chi connectivity index (χ3n) is 3.58. The molecule has 0 atom stereocenters. The molecule has 1 aliphatic carbocycles. The molecule has 102 valence electrons. The number of benzene rings is 1. The van der Waals surface area contributed by atoms with Gasteiger partial charge in [-0.15, -0.1) is 23.7 Å². The van der Waals surface area contributed by atoms with E-state index in [2.05, 4.69) is 4.98 Å². The van der Waals surface area contributed by atoms with Crippen molar-refractivity contribution >= 4 is 23.7 Å². The minimum Gasteiger partial charge on any atom is -0.319 e. The van der Waals surface area contributed by atoms with Gasteiger partial charge in [-0.05, 0) is 25.0 Å². The van der Waals surface area contributed by atoms with Crippen LogP contribution in [-0.4, -0.2) is 4.98 Å². The number of hydrogen-bond donors (Lipinski definition) is 1. The lowest BCUT2D eigenvalue weighted by molar-refractivity contribution is 0.459. The maximum Gasteiger partial charge on any atom is 0.132 e. The summed E-state index contributed by atoms with van der Waals surface area (Å²) in [5, 5.41) is 2.85. The molecule has 0 amide bonds. The van der Waals surface area contributed by atoms with Crippen molar-refractivity contribution in [3.8, 4) is 11.3 Å². The van der Waals surface area contributed by atoms with E-state index in [0.717, 1.165) is 30.7 Å². The topological polar surface area (TPSA) is 38.9 Å². The van der Waals surface area contributed by atoms with Gasteiger partial charge in [-0.2, -0.15) is 0 Å². The highest BCUT2D eigenvalue weighted by Gasteiger charge is 2.34. The van der Waals surface area contributed by atoms with Crippen LogP contribution < -0.4 is 5.73 Å². The second-order valence-electron chi connectivity index (χ2n) is 4.88. The zero-order chi connectivity index (χ0) is 12.6. The molecule has 0 unspecified atom stereocenters. The molecule has 1 saturated carbocycles. The maximum absolute atomic E-state index is 13.7. The van der Waals surface area contributed by atoms with Crippen LogP contribution in [0.5, 0.6) is 0 Å². The van der Waals surface area contributed by atoms with Gasteiger partial charge in [-0.25, -0.2) is 9.37 Å². The fraction of sp³-hybridized carbons (Fsp3) is 0.357. The van der Waals surface area contributed by atoms with E-state index in [1.165, 1.54) is 6.07 Å². The summed E-state index contributed by atoms with van der Waals surface area (Å²) in [6.07, 6.45) is 4.28. The van der Waals surface area contributed by atoms with E-state index in [1.54, 1.807) is 23.5 Å². The molecule has 0 aliphatic heterocycles. The molecule has 2 aromatic rings. The molecule has 1 aromatic heterocycles. The molecule has 0 spiro atoms. The highest BCUT2D eigenvalue weighted by molar-refractivity contribution is 7.10. The predicted molar refractivity (Wildman–Crippen MR) is 79.1 cm³/mol. The number of thiazole rings is 1. The molecule has 19 heavy (non-hydrogen) atoms. The van der Waals surface area contributed by atoms with Crippen molar-refractivity contribution in [3.05, 3.63) is 40.5 Å². The van der Waals surface area contributed by atoms with Gasteiger partial charge in [0.1, 0.15) is 10.8 Å². The Hall–Kier alpha value is -0.970. The second kappa shape index (κ2) is 5.57. The zero-order valence-electron chi connectivity index (χ0n) is 10.4. The maximum atomic E-state index is 13.7. The average Bonchev–Trinajstić information content (AvgIpc) is 2.99. The van der Waals surface area contributed by atoms with E-state index >= 15 is 0 Å². The summed E-state index contributed by atoms with van der Waals surface area (Å²) in [5.41, 5.74) is 7.34. The Labute approximate surface area is 122 Å². The molecular weight excluding hydrogens is 283 g/mol. The Morgan fingerprint density at radius 2 is 1.89 bits per heavy atom. The first kappa shape index (κ1) is 14.4. The van der Waals surface area contributed by atoms with Crippen molar-refractivity contribution < 1.29 is 4.39 Å². The highest BCUT2D eigenvalue weighted by atomic mass is 35.5. The Balaban J connectivity index is 0.00000133. The zero-order valence-corrected chi connectivity index (χ0v) is 12.1. The summed E-state index contributed by atoms with van der Waals surface area (Å²) >= 11 is 1.55. The molecule has 3 rings (SSSR count). The molecule has 2 N–H and O–H groups in total. The predicted octanol–water partition coefficient (Wildman–Crippen LogP) is 4.10. The quantitative estimate of drug-likeness (QED) is 0.906. The van der Waals surface area contributed by atoms with Crippen LogP contribution in [0.2, 0.25) is 0 Å². The normalized spacial score (nSPS) is 17.2. The van der Waals surface area contributed by atoms with Crippen LogP contribution in [0.4, 0.5) is 4.39 Å². The lowest BCUT2D eigenvalue weighted by Gasteiger charge is -2.19. The van der Waals surface area contributed by atoms with Crippen molar-refractivity contribution in [3.63, 3.8) is 0 Å². The first-order chi connectivity index (χ1) is 8.69. The van der Waals surface area contributed by atoms with Gasteiger partial charge >= 0.3 is 0 Å². The fourth-order valence-corrected chi connectivity index (χ4v) is 3.51. The van der Waals surface area contributed by atoms with Gasteiger partial charge in [0, 0.05) is 10.9 Å². The van der Waals surface area contributed by atoms with Crippen molar-refractivity contribution in [1.82, 2.24) is 4.98 Å². The number of rotatable bonds is 2. The number of nitrogens with zero attached hydrogens (tertiary/aromatic N) is 1. The molecule has 1 aliphatic rings. The third-order valence-corrected chi connectivity index (χ3v) is 4.64. The van der Waals surface area contributed by atoms with Gasteiger partial charge in [0.25, 0.3) is 0 Å². The summed E-state index contributed by atoms with van der Waals surface area (Å²) in [5.74, 6) is -0.230. The lowest BCUT2D eigenvalue weighted by Crippen LogP contribution is -2.32. The lowest BCUT2D eigenvalue weighted by atomic mass is 10.0. The van der Waals surface area contributed by atoms with E-state index in [0.29, 0.717) is 11.3 Å². The summed E-state index contributed by atoms with van der Waals surface area (Å²) < 4.78 is 13.7. The standard InChI is InChI=1S/C14H15FN2S.ClH/c15-11-6-2-1-5-10(11)12-9-18-13(17-12)14(16)7-3-4-8-14;/h1-2,5-6,9H,3-4,7-8,16H2;1H. The van der Waals surface area contributed by atoms with E-state index in [-0.39, 0.29) is 23.8 Å². The summed E-state index contributed by atoms with van der Waals surface area (Å²) in [6, 6.07) is 6.73. The van der Waals surface area contributed by atoms with E-state index < -0.39 is 0 Å². The first-order valence-electron chi connectivity index (χ1n) is 6.19. The van der Waals surface area contributed by atoms with Gasteiger partial charge < -0.3 is 5.73 Å². The second-order valence-corrected chi connectivity index (χ2v) is 5.74. The van der Waals surface area contributed by atoms with Crippen LogP contribution in [0.15, 0.2) is 29.6 Å². The van der Waals surface area contributed by atoms with Crippen LogP contribution in [-0.2, 0) is 5.54 Å². The minimum atomic E-state index is -0.284. The van der Waals surface area contributed by atoms with Crippen LogP contribution in [0.3, 0.4) is 0 Å². The van der Waals surface area contributed by atoms with Crippen molar-refractivity contribution in [2.75, 3.05) is 0 Å². The van der Waals surface area contributed by atoms with Gasteiger partial charge in [0.05, 0.1) is 11.2 Å². The van der Waals surface area contributed by atoms with E-state index in [4.69, 9.17) is 5.73 Å². The van der Waals surface area contributed by atoms with Gasteiger partial charge in [-0.3, -0.25) is 0 Å². The SMILES string of the molecule is Cl.NC1(c2nc(-c3ccccc3F)cs2)CCCC1. The molecule has 1 aromatic carbocycles. The summed E-state index contributed by atoms with van der Waals surface area (Å²) in [4.78, 5) is 4.55. The molecular formula is C14H16ClFN2S. The number of nitrogens with two attached hydrogens (primary N) is 1. The van der Waals surface area contributed by atoms with Crippen LogP contribution in [0.25, 0.3) is 11.3 Å². The summed E-state index contributed by atoms with van der Waals surface area (Å²) in [6.45, 7) is 0. The molecule has 0 bridgehead atoms. The highest BCUT2D eigenvalue weighted by Crippen LogP contribution is 2.39. The molecule has 2 nitrogen and oxygen atoms in total. The first-order valence-corrected chi connectivity index (χ1v) is 7.07. The molecule has 0 radical (unpaired) electrons. The van der Waals surface area contributed by atoms with Crippen molar-refractivity contribution in [1.29, 1.82) is 0 Å². The molecule has 1 heterocycles. The average molecular weight is 299 g/mol. The largest absolute Gasteiger partial charge is 0.319 e. The van der Waals surface area contributed by atoms with E-state index in [9.17, 15) is 4.39 Å². The third kappa shape index (κ3) is 2.66. The Morgan fingerprint density at radius 1 is 1.21 bits per heavy atom. The smallest absolute Gasteiger partial charge is 0.132 e. The van der Waals surface area contributed by atoms with Crippen molar-refractivity contribution in [2.45, 2.75) is 31.2 Å². The number of hydrogen-bond acceptors (Lipinski definition) is 3. The number of aromatic nitrogens is 1. The monoisotopic (exact) mass is 298 g/mol. The van der Waals surface area contributed by atoms with Crippen LogP contribution >= 0.6 is 23.7 Å². The van der Waals surface area contributed by atoms with Crippen molar-refractivity contribution in [2.24, 2.45) is 5.73 Å². The summed E-state index contributed by atoms with van der Waals surface area (Å²) in [7, 11) is 0. The van der Waals surface area contributed by atoms with Gasteiger partial charge in [0.15, 0.2) is 0 Å². The molecule has 1 fully saturated rings. The minimum absolute atomic E-state index is 0. The Bertz CT molecular complexity index is 564. The fourth-order valence-electron chi connectivity index (χ4n) is 2.51. The van der Waals surface area contributed by atoms with Gasteiger partial charge in [-0.1, -0.05) is 25.0 Å².